The highest BCUT2D eigenvalue weighted by atomic mass is 35.5. The van der Waals surface area contributed by atoms with Crippen LogP contribution in [0.15, 0.2) is 200 Å². The first-order valence-electron chi connectivity index (χ1n) is 17.7. The van der Waals surface area contributed by atoms with E-state index in [-0.39, 0.29) is 5.41 Å². The van der Waals surface area contributed by atoms with Crippen molar-refractivity contribution in [2.45, 2.75) is 5.41 Å². The molecule has 0 bridgehead atoms. The second kappa shape index (κ2) is 12.2. The summed E-state index contributed by atoms with van der Waals surface area (Å²) in [5.41, 5.74) is 16.5. The van der Waals surface area contributed by atoms with Crippen molar-refractivity contribution in [1.82, 2.24) is 0 Å². The van der Waals surface area contributed by atoms with E-state index in [1.165, 1.54) is 44.5 Å². The molecule has 2 aliphatic rings. The lowest BCUT2D eigenvalue weighted by atomic mass is 9.70. The van der Waals surface area contributed by atoms with Gasteiger partial charge in [0.05, 0.1) is 5.41 Å². The topological polar surface area (TPSA) is 6.48 Å². The molecule has 2 aliphatic carbocycles. The van der Waals surface area contributed by atoms with Crippen LogP contribution in [0.2, 0.25) is 5.02 Å². The number of hydrogen-bond donors (Lipinski definition) is 0. The first-order valence-corrected chi connectivity index (χ1v) is 18.1. The normalized spacial score (nSPS) is 12.9. The molecule has 0 amide bonds. The zero-order valence-corrected chi connectivity index (χ0v) is 29.1. The van der Waals surface area contributed by atoms with Crippen LogP contribution < -0.4 is 9.80 Å². The highest BCUT2D eigenvalue weighted by Gasteiger charge is 2.51. The van der Waals surface area contributed by atoms with E-state index in [2.05, 4.69) is 186 Å². The molecule has 8 aromatic carbocycles. The maximum Gasteiger partial charge on any atom is 0.0725 e. The molecule has 246 valence electrons. The van der Waals surface area contributed by atoms with Gasteiger partial charge in [0, 0.05) is 39.1 Å². The Bertz CT molecular complexity index is 2570. The summed E-state index contributed by atoms with van der Waals surface area (Å²) in [4.78, 5) is 4.63. The minimum absolute atomic E-state index is 0.373. The largest absolute Gasteiger partial charge is 0.310 e. The quantitative estimate of drug-likeness (QED) is 0.172. The van der Waals surface area contributed by atoms with Crippen LogP contribution in [0.1, 0.15) is 22.3 Å². The lowest BCUT2D eigenvalue weighted by Gasteiger charge is -2.31. The van der Waals surface area contributed by atoms with Crippen molar-refractivity contribution in [3.05, 3.63) is 227 Å². The van der Waals surface area contributed by atoms with E-state index in [1.54, 1.807) is 0 Å². The zero-order chi connectivity index (χ0) is 34.6. The fourth-order valence-corrected chi connectivity index (χ4v) is 8.85. The lowest BCUT2D eigenvalue weighted by Crippen LogP contribution is -2.25. The Morgan fingerprint density at radius 1 is 0.288 bits per heavy atom. The second-order valence-electron chi connectivity index (χ2n) is 13.5. The van der Waals surface area contributed by atoms with Gasteiger partial charge in [-0.1, -0.05) is 139 Å². The standard InChI is InChI=1S/C49H33ClN2/c50-34-15-13-20-37(31-34)51(35-16-3-1-4-17-35)38-21-14-22-39(32-38)52(36-18-5-2-6-19-36)40-29-30-48-44(33-40)43-25-9-12-28-47(43)49(48)45-26-10-7-23-41(45)42-24-8-11-27-46(42)49/h1-33H. The Morgan fingerprint density at radius 3 is 1.19 bits per heavy atom. The molecule has 3 heteroatoms. The molecule has 0 unspecified atom stereocenters. The first-order chi connectivity index (χ1) is 25.7. The maximum absolute atomic E-state index is 6.55. The van der Waals surface area contributed by atoms with Crippen LogP contribution in [0.3, 0.4) is 0 Å². The van der Waals surface area contributed by atoms with Crippen LogP contribution in [0, 0.1) is 0 Å². The molecule has 0 heterocycles. The summed E-state index contributed by atoms with van der Waals surface area (Å²) < 4.78 is 0. The Kier molecular flexibility index (Phi) is 7.12. The van der Waals surface area contributed by atoms with Crippen molar-refractivity contribution in [1.29, 1.82) is 0 Å². The van der Waals surface area contributed by atoms with E-state index < -0.39 is 0 Å². The fraction of sp³-hybridized carbons (Fsp3) is 0.0204. The molecule has 0 atom stereocenters. The van der Waals surface area contributed by atoms with E-state index in [0.717, 1.165) is 34.1 Å². The number of halogens is 1. The summed E-state index contributed by atoms with van der Waals surface area (Å²) in [6.45, 7) is 0. The minimum atomic E-state index is -0.373. The van der Waals surface area contributed by atoms with E-state index in [1.807, 2.05) is 24.3 Å². The summed E-state index contributed by atoms with van der Waals surface area (Å²) in [5.74, 6) is 0. The molecule has 0 radical (unpaired) electrons. The van der Waals surface area contributed by atoms with E-state index in [0.29, 0.717) is 5.02 Å². The number of anilines is 6. The van der Waals surface area contributed by atoms with Gasteiger partial charge in [0.25, 0.3) is 0 Å². The molecule has 8 aromatic rings. The van der Waals surface area contributed by atoms with E-state index in [9.17, 15) is 0 Å². The number of nitrogens with zero attached hydrogens (tertiary/aromatic N) is 2. The summed E-state index contributed by atoms with van der Waals surface area (Å²) >= 11 is 6.55. The van der Waals surface area contributed by atoms with Crippen molar-refractivity contribution in [3.8, 4) is 22.3 Å². The Morgan fingerprint density at radius 2 is 0.673 bits per heavy atom. The minimum Gasteiger partial charge on any atom is -0.310 e. The average molecular weight is 685 g/mol. The van der Waals surface area contributed by atoms with Crippen LogP contribution in [0.5, 0.6) is 0 Å². The lowest BCUT2D eigenvalue weighted by molar-refractivity contribution is 0.794. The number of rotatable bonds is 6. The zero-order valence-electron chi connectivity index (χ0n) is 28.3. The molecular formula is C49H33ClN2. The van der Waals surface area contributed by atoms with Gasteiger partial charge >= 0.3 is 0 Å². The van der Waals surface area contributed by atoms with Gasteiger partial charge in [-0.05, 0) is 117 Å². The third-order valence-electron chi connectivity index (χ3n) is 10.7. The smallest absolute Gasteiger partial charge is 0.0725 e. The van der Waals surface area contributed by atoms with Gasteiger partial charge in [0.1, 0.15) is 0 Å². The molecule has 0 aliphatic heterocycles. The van der Waals surface area contributed by atoms with Gasteiger partial charge < -0.3 is 9.80 Å². The van der Waals surface area contributed by atoms with Crippen LogP contribution >= 0.6 is 11.6 Å². The maximum atomic E-state index is 6.55. The van der Waals surface area contributed by atoms with E-state index >= 15 is 0 Å². The molecule has 2 nitrogen and oxygen atoms in total. The molecule has 0 saturated carbocycles. The van der Waals surface area contributed by atoms with Crippen molar-refractivity contribution in [2.75, 3.05) is 9.80 Å². The predicted octanol–water partition coefficient (Wildman–Crippen LogP) is 13.6. The van der Waals surface area contributed by atoms with Crippen LogP contribution in [0.4, 0.5) is 34.1 Å². The SMILES string of the molecule is Clc1cccc(N(c2ccccc2)c2cccc(N(c3ccccc3)c3ccc4c(c3)-c3ccccc3C43c4ccccc4-c4ccccc43)c2)c1. The number of hydrogen-bond acceptors (Lipinski definition) is 2. The molecule has 52 heavy (non-hydrogen) atoms. The average Bonchev–Trinajstić information content (AvgIpc) is 3.66. The summed E-state index contributed by atoms with van der Waals surface area (Å²) in [7, 11) is 0. The van der Waals surface area contributed by atoms with Gasteiger partial charge in [-0.25, -0.2) is 0 Å². The van der Waals surface area contributed by atoms with Crippen molar-refractivity contribution in [2.24, 2.45) is 0 Å². The first kappa shape index (κ1) is 30.5. The molecule has 10 rings (SSSR count). The van der Waals surface area contributed by atoms with Crippen LogP contribution in [-0.4, -0.2) is 0 Å². The summed E-state index contributed by atoms with van der Waals surface area (Å²) in [6.07, 6.45) is 0. The predicted molar refractivity (Wildman–Crippen MR) is 217 cm³/mol. The van der Waals surface area contributed by atoms with Crippen molar-refractivity contribution < 1.29 is 0 Å². The van der Waals surface area contributed by atoms with E-state index in [4.69, 9.17) is 11.6 Å². The fourth-order valence-electron chi connectivity index (χ4n) is 8.66. The van der Waals surface area contributed by atoms with Crippen molar-refractivity contribution >= 4 is 45.7 Å². The molecule has 0 N–H and O–H groups in total. The molecular weight excluding hydrogens is 652 g/mol. The Hall–Kier alpha value is -6.35. The Balaban J connectivity index is 1.17. The molecule has 0 fully saturated rings. The molecule has 0 aromatic heterocycles. The van der Waals surface area contributed by atoms with Crippen LogP contribution in [-0.2, 0) is 5.41 Å². The number of fused-ring (bicyclic) bond motifs is 10. The summed E-state index contributed by atoms with van der Waals surface area (Å²) in [6, 6.07) is 72.0. The third-order valence-corrected chi connectivity index (χ3v) is 10.9. The van der Waals surface area contributed by atoms with Crippen molar-refractivity contribution in [3.63, 3.8) is 0 Å². The monoisotopic (exact) mass is 684 g/mol. The van der Waals surface area contributed by atoms with Gasteiger partial charge in [0.2, 0.25) is 0 Å². The van der Waals surface area contributed by atoms with Gasteiger partial charge in [-0.2, -0.15) is 0 Å². The number of para-hydroxylation sites is 2. The highest BCUT2D eigenvalue weighted by Crippen LogP contribution is 2.63. The van der Waals surface area contributed by atoms with Gasteiger partial charge in [0.15, 0.2) is 0 Å². The molecule has 1 spiro atoms. The van der Waals surface area contributed by atoms with Crippen LogP contribution in [0.25, 0.3) is 22.3 Å². The highest BCUT2D eigenvalue weighted by molar-refractivity contribution is 6.30. The summed E-state index contributed by atoms with van der Waals surface area (Å²) in [5, 5.41) is 0.698. The third kappa shape index (κ3) is 4.58. The van der Waals surface area contributed by atoms with Gasteiger partial charge in [-0.15, -0.1) is 0 Å². The van der Waals surface area contributed by atoms with Gasteiger partial charge in [-0.3, -0.25) is 0 Å². The second-order valence-corrected chi connectivity index (χ2v) is 13.9. The Labute approximate surface area is 309 Å². The molecule has 0 saturated heterocycles. The number of benzene rings is 8.